The van der Waals surface area contributed by atoms with E-state index in [1.807, 2.05) is 12.5 Å². The highest BCUT2D eigenvalue weighted by Crippen LogP contribution is 2.00. The zero-order valence-corrected chi connectivity index (χ0v) is 12.0. The molecule has 0 aromatic carbocycles. The van der Waals surface area contributed by atoms with Gasteiger partial charge in [0.15, 0.2) is 0 Å². The van der Waals surface area contributed by atoms with Gasteiger partial charge in [-0.2, -0.15) is 0 Å². The average molecular weight is 254 g/mol. The highest BCUT2D eigenvalue weighted by atomic mass is 16.5. The Balaban J connectivity index is 2.35. The summed E-state index contributed by atoms with van der Waals surface area (Å²) in [7, 11) is 3.85. The van der Waals surface area contributed by atoms with Crippen LogP contribution in [0.3, 0.4) is 0 Å². The zero-order chi connectivity index (χ0) is 13.4. The first-order chi connectivity index (χ1) is 8.63. The van der Waals surface area contributed by atoms with Crippen LogP contribution in [0.4, 0.5) is 0 Å². The molecule has 1 N–H and O–H groups in total. The number of hydrogen-bond donors (Lipinski definition) is 1. The van der Waals surface area contributed by atoms with Crippen molar-refractivity contribution in [3.8, 4) is 0 Å². The summed E-state index contributed by atoms with van der Waals surface area (Å²) in [5.41, 5.74) is 1.24. The number of rotatable bonds is 9. The lowest BCUT2D eigenvalue weighted by Crippen LogP contribution is -2.28. The predicted octanol–water partition coefficient (Wildman–Crippen LogP) is 0.959. The van der Waals surface area contributed by atoms with Crippen molar-refractivity contribution >= 4 is 0 Å². The molecule has 0 atom stereocenters. The average Bonchev–Trinajstić information content (AvgIpc) is 2.78. The van der Waals surface area contributed by atoms with Crippen molar-refractivity contribution in [1.82, 2.24) is 19.8 Å². The summed E-state index contributed by atoms with van der Waals surface area (Å²) in [6.07, 6.45) is 3.84. The second kappa shape index (κ2) is 8.24. The van der Waals surface area contributed by atoms with Gasteiger partial charge in [0.2, 0.25) is 0 Å². The molecule has 1 rings (SSSR count). The first-order valence-electron chi connectivity index (χ1n) is 6.53. The van der Waals surface area contributed by atoms with Crippen LogP contribution in [0, 0.1) is 0 Å². The van der Waals surface area contributed by atoms with Crippen LogP contribution in [0.1, 0.15) is 19.5 Å². The fourth-order valence-corrected chi connectivity index (χ4v) is 1.64. The van der Waals surface area contributed by atoms with Crippen molar-refractivity contribution in [2.24, 2.45) is 0 Å². The second-order valence-corrected chi connectivity index (χ2v) is 4.91. The van der Waals surface area contributed by atoms with Gasteiger partial charge in [-0.25, -0.2) is 4.98 Å². The minimum Gasteiger partial charge on any atom is -0.383 e. The first kappa shape index (κ1) is 15.1. The number of nitrogens with zero attached hydrogens (tertiary/aromatic N) is 3. The van der Waals surface area contributed by atoms with Gasteiger partial charge in [0.05, 0.1) is 18.6 Å². The third-order valence-corrected chi connectivity index (χ3v) is 2.89. The van der Waals surface area contributed by atoms with Crippen LogP contribution in [0.15, 0.2) is 12.5 Å². The van der Waals surface area contributed by atoms with E-state index in [1.54, 1.807) is 7.11 Å². The molecule has 0 aliphatic carbocycles. The Hall–Kier alpha value is -0.910. The fraction of sp³-hybridized carbons (Fsp3) is 0.769. The Labute approximate surface area is 110 Å². The molecule has 5 heteroatoms. The van der Waals surface area contributed by atoms with Crippen LogP contribution >= 0.6 is 0 Å². The summed E-state index contributed by atoms with van der Waals surface area (Å²) in [6, 6.07) is 0.498. The smallest absolute Gasteiger partial charge is 0.0949 e. The minimum absolute atomic E-state index is 0.498. The van der Waals surface area contributed by atoms with Gasteiger partial charge in [0.25, 0.3) is 0 Å². The molecule has 104 valence electrons. The summed E-state index contributed by atoms with van der Waals surface area (Å²) < 4.78 is 7.27. The van der Waals surface area contributed by atoms with Crippen molar-refractivity contribution in [1.29, 1.82) is 0 Å². The highest BCUT2D eigenvalue weighted by molar-refractivity contribution is 4.98. The van der Waals surface area contributed by atoms with E-state index < -0.39 is 0 Å². The lowest BCUT2D eigenvalue weighted by molar-refractivity contribution is 0.159. The quantitative estimate of drug-likeness (QED) is 0.713. The highest BCUT2D eigenvalue weighted by Gasteiger charge is 2.04. The first-order valence-corrected chi connectivity index (χ1v) is 6.53. The Morgan fingerprint density at radius 3 is 2.89 bits per heavy atom. The van der Waals surface area contributed by atoms with Crippen LogP contribution in [0.5, 0.6) is 0 Å². The van der Waals surface area contributed by atoms with Crippen LogP contribution in [0.25, 0.3) is 0 Å². The Morgan fingerprint density at radius 2 is 2.22 bits per heavy atom. The summed E-state index contributed by atoms with van der Waals surface area (Å²) in [4.78, 5) is 6.49. The molecule has 18 heavy (non-hydrogen) atoms. The molecule has 0 aliphatic rings. The Morgan fingerprint density at radius 1 is 1.44 bits per heavy atom. The molecule has 0 aliphatic heterocycles. The van der Waals surface area contributed by atoms with Crippen molar-refractivity contribution in [2.75, 3.05) is 33.9 Å². The lowest BCUT2D eigenvalue weighted by Gasteiger charge is -2.17. The van der Waals surface area contributed by atoms with Crippen molar-refractivity contribution in [2.45, 2.75) is 33.0 Å². The maximum Gasteiger partial charge on any atom is 0.0949 e. The molecule has 1 aromatic rings. The largest absolute Gasteiger partial charge is 0.383 e. The van der Waals surface area contributed by atoms with E-state index in [1.165, 1.54) is 5.69 Å². The topological polar surface area (TPSA) is 42.3 Å². The van der Waals surface area contributed by atoms with Crippen LogP contribution in [0.2, 0.25) is 0 Å². The third kappa shape index (κ3) is 5.62. The number of aromatic nitrogens is 2. The molecular weight excluding hydrogens is 228 g/mol. The van der Waals surface area contributed by atoms with Gasteiger partial charge >= 0.3 is 0 Å². The molecule has 0 amide bonds. The number of methoxy groups -OCH3 is 1. The normalized spacial score (nSPS) is 11.7. The van der Waals surface area contributed by atoms with Gasteiger partial charge in [-0.3, -0.25) is 0 Å². The number of hydrogen-bond acceptors (Lipinski definition) is 4. The maximum atomic E-state index is 5.07. The molecule has 0 radical (unpaired) electrons. The lowest BCUT2D eigenvalue weighted by atomic mass is 10.3. The molecule has 1 aromatic heterocycles. The summed E-state index contributed by atoms with van der Waals surface area (Å²) >= 11 is 0. The van der Waals surface area contributed by atoms with Gasteiger partial charge in [-0.1, -0.05) is 13.8 Å². The predicted molar refractivity (Wildman–Crippen MR) is 73.6 cm³/mol. The Kier molecular flexibility index (Phi) is 6.93. The van der Waals surface area contributed by atoms with E-state index in [0.29, 0.717) is 6.04 Å². The maximum absolute atomic E-state index is 5.07. The van der Waals surface area contributed by atoms with E-state index in [2.05, 4.69) is 40.7 Å². The molecule has 0 saturated heterocycles. The van der Waals surface area contributed by atoms with Gasteiger partial charge in [0, 0.05) is 45.5 Å². The molecule has 0 bridgehead atoms. The summed E-state index contributed by atoms with van der Waals surface area (Å²) in [5.74, 6) is 0. The third-order valence-electron chi connectivity index (χ3n) is 2.89. The molecule has 1 heterocycles. The summed E-state index contributed by atoms with van der Waals surface area (Å²) in [6.45, 7) is 8.90. The van der Waals surface area contributed by atoms with Crippen LogP contribution in [-0.4, -0.2) is 54.3 Å². The van der Waals surface area contributed by atoms with Gasteiger partial charge in [-0.05, 0) is 7.05 Å². The van der Waals surface area contributed by atoms with E-state index in [0.717, 1.165) is 32.8 Å². The van der Waals surface area contributed by atoms with Crippen molar-refractivity contribution < 1.29 is 4.74 Å². The van der Waals surface area contributed by atoms with Crippen molar-refractivity contribution in [3.05, 3.63) is 18.2 Å². The zero-order valence-electron chi connectivity index (χ0n) is 12.0. The number of likely N-dealkylation sites (N-methyl/N-ethyl adjacent to an activating group) is 1. The fourth-order valence-electron chi connectivity index (χ4n) is 1.64. The van der Waals surface area contributed by atoms with Crippen LogP contribution < -0.4 is 5.32 Å². The van der Waals surface area contributed by atoms with Gasteiger partial charge < -0.3 is 19.5 Å². The summed E-state index contributed by atoms with van der Waals surface area (Å²) in [5, 5.41) is 3.42. The Bertz CT molecular complexity index is 325. The van der Waals surface area contributed by atoms with E-state index in [4.69, 9.17) is 4.74 Å². The van der Waals surface area contributed by atoms with Crippen LogP contribution in [-0.2, 0) is 17.8 Å². The standard InChI is InChI=1S/C13H26N4O/c1-12(2)15-10-13-9-14-11-17(13)6-5-16(3)7-8-18-4/h9,11-12,15H,5-8,10H2,1-4H3. The second-order valence-electron chi connectivity index (χ2n) is 4.91. The molecule has 0 fully saturated rings. The number of nitrogens with one attached hydrogen (secondary N) is 1. The van der Waals surface area contributed by atoms with E-state index >= 15 is 0 Å². The number of imidazole rings is 1. The van der Waals surface area contributed by atoms with E-state index in [-0.39, 0.29) is 0 Å². The SMILES string of the molecule is COCCN(C)CCn1cncc1CNC(C)C. The molecule has 5 nitrogen and oxygen atoms in total. The molecular formula is C13H26N4O. The van der Waals surface area contributed by atoms with Gasteiger partial charge in [0.1, 0.15) is 0 Å². The molecule has 0 saturated carbocycles. The van der Waals surface area contributed by atoms with Gasteiger partial charge in [-0.15, -0.1) is 0 Å². The minimum atomic E-state index is 0.498. The van der Waals surface area contributed by atoms with E-state index in [9.17, 15) is 0 Å². The van der Waals surface area contributed by atoms with Crippen molar-refractivity contribution in [3.63, 3.8) is 0 Å². The number of ether oxygens (including phenoxy) is 1. The molecule has 0 spiro atoms. The monoisotopic (exact) mass is 254 g/mol. The molecule has 0 unspecified atom stereocenters.